The Kier molecular flexibility index (Phi) is 7.78. The zero-order valence-corrected chi connectivity index (χ0v) is 20.4. The van der Waals surface area contributed by atoms with Gasteiger partial charge in [0.2, 0.25) is 17.8 Å². The maximum absolute atomic E-state index is 14.3. The van der Waals surface area contributed by atoms with E-state index < -0.39 is 24.3 Å². The highest BCUT2D eigenvalue weighted by Gasteiger charge is 2.39. The van der Waals surface area contributed by atoms with Crippen molar-refractivity contribution in [3.05, 3.63) is 60.1 Å². The maximum Gasteiger partial charge on any atom is 0.416 e. The molecule has 2 amide bonds. The second-order valence-corrected chi connectivity index (χ2v) is 8.98. The quantitative estimate of drug-likeness (QED) is 0.439. The number of amides is 2. The molecule has 2 aliphatic rings. The van der Waals surface area contributed by atoms with Crippen molar-refractivity contribution in [1.82, 2.24) is 19.8 Å². The van der Waals surface area contributed by atoms with Crippen LogP contribution in [0.5, 0.6) is 0 Å². The van der Waals surface area contributed by atoms with Gasteiger partial charge in [-0.1, -0.05) is 30.8 Å². The van der Waals surface area contributed by atoms with Gasteiger partial charge in [0.05, 0.1) is 6.04 Å². The fourth-order valence-corrected chi connectivity index (χ4v) is 4.33. The number of hydrogen-bond donors (Lipinski definition) is 1. The topological polar surface area (TPSA) is 90.9 Å². The van der Waals surface area contributed by atoms with E-state index in [0.717, 1.165) is 41.7 Å². The van der Waals surface area contributed by atoms with Gasteiger partial charge in [-0.2, -0.15) is 14.4 Å². The van der Waals surface area contributed by atoms with Gasteiger partial charge in [-0.3, -0.25) is 14.6 Å². The minimum atomic E-state index is -1.37. The van der Waals surface area contributed by atoms with Crippen LogP contribution in [0.25, 0.3) is 0 Å². The molecule has 11 heteroatoms. The number of carbonyl (C=O) groups excluding carboxylic acids is 2. The second-order valence-electron chi connectivity index (χ2n) is 8.98. The van der Waals surface area contributed by atoms with Gasteiger partial charge < -0.3 is 15.0 Å². The number of rotatable bonds is 8. The molecule has 0 spiro atoms. The molecule has 3 heterocycles. The molecule has 2 unspecified atom stereocenters. The van der Waals surface area contributed by atoms with Crippen LogP contribution in [0.1, 0.15) is 31.0 Å². The Balaban J connectivity index is 1.38. The number of anilines is 2. The monoisotopic (exact) mass is 500 g/mol. The standard InChI is InChI=1S/C25H30F2N6O3/c1-4-23(34)32-11-9-31(10-12-32)14-18-5-7-19(8-6-18)17(3)28-24-29-21(27)13-22(30-24)33-20(16(2)26)15-36-25(33)35/h4-8,13,16-17,20H,1,9-12,14-15H2,2-3H3,(H,28,29,30)/t16?,17?,20-/m1/s1. The highest BCUT2D eigenvalue weighted by molar-refractivity contribution is 5.89. The molecular weight excluding hydrogens is 470 g/mol. The van der Waals surface area contributed by atoms with Crippen LogP contribution in [0.4, 0.5) is 25.3 Å². The van der Waals surface area contributed by atoms with Gasteiger partial charge >= 0.3 is 6.09 Å². The Morgan fingerprint density at radius 1 is 1.22 bits per heavy atom. The van der Waals surface area contributed by atoms with E-state index in [1.54, 1.807) is 4.90 Å². The van der Waals surface area contributed by atoms with Crippen LogP contribution in [-0.4, -0.2) is 76.8 Å². The van der Waals surface area contributed by atoms with Crippen LogP contribution in [0, 0.1) is 5.95 Å². The minimum absolute atomic E-state index is 0.0153. The van der Waals surface area contributed by atoms with Gasteiger partial charge in [0.15, 0.2) is 0 Å². The van der Waals surface area contributed by atoms with Crippen LogP contribution in [0.15, 0.2) is 43.0 Å². The average molecular weight is 501 g/mol. The summed E-state index contributed by atoms with van der Waals surface area (Å²) in [5.74, 6) is -0.949. The number of cyclic esters (lactones) is 1. The van der Waals surface area contributed by atoms with Crippen molar-refractivity contribution >= 4 is 23.8 Å². The van der Waals surface area contributed by atoms with E-state index in [0.29, 0.717) is 13.1 Å². The zero-order valence-electron chi connectivity index (χ0n) is 20.4. The average Bonchev–Trinajstić information content (AvgIpc) is 3.26. The molecule has 2 saturated heterocycles. The van der Waals surface area contributed by atoms with Crippen molar-refractivity contribution in [3.8, 4) is 0 Å². The first-order valence-electron chi connectivity index (χ1n) is 11.9. The summed E-state index contributed by atoms with van der Waals surface area (Å²) in [7, 11) is 0. The Morgan fingerprint density at radius 2 is 1.92 bits per heavy atom. The predicted molar refractivity (Wildman–Crippen MR) is 131 cm³/mol. The van der Waals surface area contributed by atoms with Gasteiger partial charge in [0.1, 0.15) is 24.6 Å². The molecule has 1 aromatic heterocycles. The lowest BCUT2D eigenvalue weighted by Gasteiger charge is -2.34. The highest BCUT2D eigenvalue weighted by Crippen LogP contribution is 2.27. The summed E-state index contributed by atoms with van der Waals surface area (Å²) in [5, 5.41) is 3.05. The van der Waals surface area contributed by atoms with Crippen molar-refractivity contribution in [2.45, 2.75) is 38.6 Å². The molecule has 0 bridgehead atoms. The van der Waals surface area contributed by atoms with Gasteiger partial charge in [-0.05, 0) is 31.1 Å². The van der Waals surface area contributed by atoms with Gasteiger partial charge in [0, 0.05) is 38.8 Å². The third kappa shape index (κ3) is 5.78. The third-order valence-electron chi connectivity index (χ3n) is 6.45. The molecule has 36 heavy (non-hydrogen) atoms. The van der Waals surface area contributed by atoms with Crippen LogP contribution >= 0.6 is 0 Å². The lowest BCUT2D eigenvalue weighted by Crippen LogP contribution is -2.47. The Hall–Kier alpha value is -3.60. The number of nitrogens with one attached hydrogen (secondary N) is 1. The zero-order chi connectivity index (χ0) is 25.8. The Labute approximate surface area is 208 Å². The van der Waals surface area contributed by atoms with Crippen LogP contribution in [0.2, 0.25) is 0 Å². The molecule has 2 fully saturated rings. The molecule has 1 N–H and O–H groups in total. The first-order valence-corrected chi connectivity index (χ1v) is 11.9. The van der Waals surface area contributed by atoms with E-state index in [-0.39, 0.29) is 30.3 Å². The molecule has 0 aliphatic carbocycles. The lowest BCUT2D eigenvalue weighted by molar-refractivity contribution is -0.127. The number of halogens is 2. The number of benzene rings is 1. The molecule has 2 aliphatic heterocycles. The second kappa shape index (κ2) is 11.0. The van der Waals surface area contributed by atoms with Crippen molar-refractivity contribution in [1.29, 1.82) is 0 Å². The molecule has 9 nitrogen and oxygen atoms in total. The molecule has 192 valence electrons. The SMILES string of the molecule is C=CC(=O)N1CCN(Cc2ccc(C(C)Nc3nc(F)cc(N4C(=O)OC[C@@H]4C(C)F)n3)cc2)CC1. The third-order valence-corrected chi connectivity index (χ3v) is 6.45. The van der Waals surface area contributed by atoms with Crippen molar-refractivity contribution in [2.24, 2.45) is 0 Å². The molecule has 0 radical (unpaired) electrons. The number of nitrogens with zero attached hydrogens (tertiary/aromatic N) is 5. The summed E-state index contributed by atoms with van der Waals surface area (Å²) in [6.07, 6.45) is -0.798. The van der Waals surface area contributed by atoms with Gasteiger partial charge in [-0.15, -0.1) is 0 Å². The van der Waals surface area contributed by atoms with Gasteiger partial charge in [0.25, 0.3) is 0 Å². The Morgan fingerprint density at radius 3 is 2.56 bits per heavy atom. The van der Waals surface area contributed by atoms with Gasteiger partial charge in [-0.25, -0.2) is 9.18 Å². The van der Waals surface area contributed by atoms with Crippen molar-refractivity contribution in [3.63, 3.8) is 0 Å². The fraction of sp³-hybridized carbons (Fsp3) is 0.440. The first-order chi connectivity index (χ1) is 17.2. The molecule has 1 aromatic carbocycles. The molecule has 4 rings (SSSR count). The summed E-state index contributed by atoms with van der Waals surface area (Å²) in [4.78, 5) is 37.0. The summed E-state index contributed by atoms with van der Waals surface area (Å²) in [6, 6.07) is 7.85. The van der Waals surface area contributed by atoms with Crippen molar-refractivity contribution < 1.29 is 23.1 Å². The van der Waals surface area contributed by atoms with E-state index in [9.17, 15) is 18.4 Å². The van der Waals surface area contributed by atoms with E-state index >= 15 is 0 Å². The summed E-state index contributed by atoms with van der Waals surface area (Å²) >= 11 is 0. The lowest BCUT2D eigenvalue weighted by atomic mass is 10.1. The molecule has 3 atom stereocenters. The highest BCUT2D eigenvalue weighted by atomic mass is 19.1. The molecule has 2 aromatic rings. The normalized spacial score (nSPS) is 20.1. The van der Waals surface area contributed by atoms with E-state index in [4.69, 9.17) is 4.74 Å². The maximum atomic E-state index is 14.3. The van der Waals surface area contributed by atoms with Crippen LogP contribution < -0.4 is 10.2 Å². The number of piperazine rings is 1. The molecular formula is C25H30F2N6O3. The Bertz CT molecular complexity index is 1110. The summed E-state index contributed by atoms with van der Waals surface area (Å²) in [6.45, 7) is 10.3. The fourth-order valence-electron chi connectivity index (χ4n) is 4.33. The number of aromatic nitrogens is 2. The largest absolute Gasteiger partial charge is 0.447 e. The summed E-state index contributed by atoms with van der Waals surface area (Å²) in [5.41, 5.74) is 2.07. The minimum Gasteiger partial charge on any atom is -0.447 e. The number of ether oxygens (including phenoxy) is 1. The van der Waals surface area contributed by atoms with E-state index in [2.05, 4.69) is 26.8 Å². The number of alkyl halides is 1. The van der Waals surface area contributed by atoms with Crippen LogP contribution in [0.3, 0.4) is 0 Å². The van der Waals surface area contributed by atoms with E-state index in [1.807, 2.05) is 31.2 Å². The first kappa shape index (κ1) is 25.5. The molecule has 0 saturated carbocycles. The smallest absolute Gasteiger partial charge is 0.416 e. The van der Waals surface area contributed by atoms with Crippen molar-refractivity contribution in [2.75, 3.05) is 43.0 Å². The number of carbonyl (C=O) groups is 2. The van der Waals surface area contributed by atoms with Crippen LogP contribution in [-0.2, 0) is 16.1 Å². The predicted octanol–water partition coefficient (Wildman–Crippen LogP) is 3.30. The number of hydrogen-bond acceptors (Lipinski definition) is 7. The summed E-state index contributed by atoms with van der Waals surface area (Å²) < 4.78 is 33.1. The van der Waals surface area contributed by atoms with E-state index in [1.165, 1.54) is 13.0 Å².